The summed E-state index contributed by atoms with van der Waals surface area (Å²) in [5, 5.41) is 10.7. The van der Waals surface area contributed by atoms with E-state index in [4.69, 9.17) is 16.0 Å². The third-order valence-corrected chi connectivity index (χ3v) is 5.76. The van der Waals surface area contributed by atoms with Crippen LogP contribution in [-0.2, 0) is 5.75 Å². The Morgan fingerprint density at radius 3 is 2.50 bits per heavy atom. The number of nitrogens with zero attached hydrogens (tertiary/aromatic N) is 3. The monoisotopic (exact) mass is 403 g/mol. The van der Waals surface area contributed by atoms with Crippen LogP contribution in [0.1, 0.15) is 5.89 Å². The lowest BCUT2D eigenvalue weighted by atomic mass is 10.2. The average Bonchev–Trinajstić information content (AvgIpc) is 3.31. The van der Waals surface area contributed by atoms with Gasteiger partial charge in [0.15, 0.2) is 4.34 Å². The summed E-state index contributed by atoms with van der Waals surface area (Å²) in [5.74, 6) is 1.25. The van der Waals surface area contributed by atoms with Gasteiger partial charge in [-0.05, 0) is 48.5 Å². The van der Waals surface area contributed by atoms with Crippen LogP contribution in [0.15, 0.2) is 62.7 Å². The highest BCUT2D eigenvalue weighted by molar-refractivity contribution is 8.00. The number of thioether (sulfide) groups is 1. The highest BCUT2D eigenvalue weighted by Gasteiger charge is 2.11. The van der Waals surface area contributed by atoms with Crippen LogP contribution in [0.2, 0.25) is 5.02 Å². The van der Waals surface area contributed by atoms with Crippen molar-refractivity contribution < 1.29 is 8.81 Å². The molecule has 26 heavy (non-hydrogen) atoms. The third-order valence-electron chi connectivity index (χ3n) is 3.50. The van der Waals surface area contributed by atoms with Gasteiger partial charge in [-0.15, -0.1) is 21.5 Å². The van der Waals surface area contributed by atoms with E-state index in [1.807, 2.05) is 17.5 Å². The second-order valence-electron chi connectivity index (χ2n) is 5.30. The Bertz CT molecular complexity index is 932. The molecule has 0 N–H and O–H groups in total. The van der Waals surface area contributed by atoms with Crippen LogP contribution in [-0.4, -0.2) is 15.2 Å². The highest BCUT2D eigenvalue weighted by atomic mass is 35.5. The molecule has 0 spiro atoms. The molecular weight excluding hydrogens is 393 g/mol. The van der Waals surface area contributed by atoms with Crippen LogP contribution in [0.3, 0.4) is 0 Å². The van der Waals surface area contributed by atoms with E-state index in [1.165, 1.54) is 35.2 Å². The highest BCUT2D eigenvalue weighted by Crippen LogP contribution is 2.30. The Labute approximate surface area is 162 Å². The zero-order chi connectivity index (χ0) is 17.9. The standard InChI is InChI=1S/C18H11ClFN3OS2/c19-13-5-1-12(2-6-13)17-23-22-16(24-17)10-26-18-21-15(9-25-18)11-3-7-14(20)8-4-11/h1-9H,10H2. The van der Waals surface area contributed by atoms with Crippen LogP contribution in [0.25, 0.3) is 22.7 Å². The lowest BCUT2D eigenvalue weighted by Crippen LogP contribution is -1.81. The molecule has 130 valence electrons. The number of aromatic nitrogens is 3. The minimum Gasteiger partial charge on any atom is -0.420 e. The summed E-state index contributed by atoms with van der Waals surface area (Å²) in [6.07, 6.45) is 0. The summed E-state index contributed by atoms with van der Waals surface area (Å²) in [6.45, 7) is 0. The topological polar surface area (TPSA) is 51.8 Å². The first-order valence-electron chi connectivity index (χ1n) is 7.60. The van der Waals surface area contributed by atoms with E-state index in [0.29, 0.717) is 22.6 Å². The van der Waals surface area contributed by atoms with E-state index >= 15 is 0 Å². The van der Waals surface area contributed by atoms with E-state index in [1.54, 1.807) is 24.3 Å². The first-order valence-corrected chi connectivity index (χ1v) is 9.84. The zero-order valence-corrected chi connectivity index (χ0v) is 15.6. The summed E-state index contributed by atoms with van der Waals surface area (Å²) >= 11 is 8.93. The van der Waals surface area contributed by atoms with Crippen molar-refractivity contribution in [1.29, 1.82) is 0 Å². The smallest absolute Gasteiger partial charge is 0.247 e. The van der Waals surface area contributed by atoms with Gasteiger partial charge in [-0.3, -0.25) is 0 Å². The van der Waals surface area contributed by atoms with Crippen LogP contribution in [0.4, 0.5) is 4.39 Å². The second-order valence-corrected chi connectivity index (χ2v) is 7.82. The van der Waals surface area contributed by atoms with E-state index in [0.717, 1.165) is 21.2 Å². The molecule has 0 amide bonds. The van der Waals surface area contributed by atoms with Crippen molar-refractivity contribution in [2.75, 3.05) is 0 Å². The minimum absolute atomic E-state index is 0.258. The predicted molar refractivity (Wildman–Crippen MR) is 102 cm³/mol. The van der Waals surface area contributed by atoms with Gasteiger partial charge in [-0.25, -0.2) is 9.37 Å². The van der Waals surface area contributed by atoms with Crippen molar-refractivity contribution in [3.63, 3.8) is 0 Å². The number of rotatable bonds is 5. The number of hydrogen-bond donors (Lipinski definition) is 0. The van der Waals surface area contributed by atoms with E-state index in [9.17, 15) is 4.39 Å². The maximum atomic E-state index is 13.0. The summed E-state index contributed by atoms with van der Waals surface area (Å²) < 4.78 is 19.6. The largest absolute Gasteiger partial charge is 0.420 e. The molecule has 2 heterocycles. The van der Waals surface area contributed by atoms with Gasteiger partial charge in [0.25, 0.3) is 0 Å². The Balaban J connectivity index is 1.42. The molecule has 8 heteroatoms. The molecule has 0 aliphatic carbocycles. The fraction of sp³-hybridized carbons (Fsp3) is 0.0556. The normalized spacial score (nSPS) is 11.0. The van der Waals surface area contributed by atoms with E-state index < -0.39 is 0 Å². The molecule has 0 unspecified atom stereocenters. The Morgan fingerprint density at radius 1 is 1.00 bits per heavy atom. The average molecular weight is 404 g/mol. The third kappa shape index (κ3) is 3.95. The molecule has 0 atom stereocenters. The zero-order valence-electron chi connectivity index (χ0n) is 13.2. The molecule has 0 radical (unpaired) electrons. The molecule has 0 saturated heterocycles. The van der Waals surface area contributed by atoms with Crippen molar-refractivity contribution in [3.8, 4) is 22.7 Å². The summed E-state index contributed by atoms with van der Waals surface area (Å²) in [4.78, 5) is 4.55. The maximum absolute atomic E-state index is 13.0. The molecule has 2 aromatic heterocycles. The molecule has 4 aromatic rings. The molecule has 2 aromatic carbocycles. The first-order chi connectivity index (χ1) is 12.7. The van der Waals surface area contributed by atoms with Crippen molar-refractivity contribution in [3.05, 3.63) is 70.6 Å². The Morgan fingerprint density at radius 2 is 1.73 bits per heavy atom. The number of benzene rings is 2. The number of halogens is 2. The van der Waals surface area contributed by atoms with Crippen molar-refractivity contribution >= 4 is 34.7 Å². The van der Waals surface area contributed by atoms with Crippen LogP contribution >= 0.6 is 34.7 Å². The summed E-state index contributed by atoms with van der Waals surface area (Å²) in [5.41, 5.74) is 2.54. The fourth-order valence-corrected chi connectivity index (χ4v) is 4.02. The minimum atomic E-state index is -0.258. The molecule has 0 aliphatic rings. The maximum Gasteiger partial charge on any atom is 0.247 e. The molecule has 0 saturated carbocycles. The van der Waals surface area contributed by atoms with E-state index in [2.05, 4.69) is 15.2 Å². The van der Waals surface area contributed by atoms with Crippen molar-refractivity contribution in [1.82, 2.24) is 15.2 Å². The van der Waals surface area contributed by atoms with Gasteiger partial charge < -0.3 is 4.42 Å². The van der Waals surface area contributed by atoms with Crippen LogP contribution in [0, 0.1) is 5.82 Å². The van der Waals surface area contributed by atoms with Gasteiger partial charge in [-0.1, -0.05) is 23.4 Å². The first kappa shape index (κ1) is 17.2. The second kappa shape index (κ2) is 7.57. The van der Waals surface area contributed by atoms with Gasteiger partial charge in [0.1, 0.15) is 5.82 Å². The number of thiazole rings is 1. The van der Waals surface area contributed by atoms with E-state index in [-0.39, 0.29) is 5.82 Å². The fourth-order valence-electron chi connectivity index (χ4n) is 2.22. The molecule has 0 bridgehead atoms. The van der Waals surface area contributed by atoms with Gasteiger partial charge in [0, 0.05) is 21.5 Å². The Kier molecular flexibility index (Phi) is 5.01. The lowest BCUT2D eigenvalue weighted by Gasteiger charge is -1.96. The molecule has 0 aliphatic heterocycles. The summed E-state index contributed by atoms with van der Waals surface area (Å²) in [6, 6.07) is 13.5. The molecule has 4 rings (SSSR count). The van der Waals surface area contributed by atoms with Gasteiger partial charge >= 0.3 is 0 Å². The molecule has 0 fully saturated rings. The Hall–Kier alpha value is -2.22. The molecular formula is C18H11ClFN3OS2. The van der Waals surface area contributed by atoms with Gasteiger partial charge in [0.2, 0.25) is 11.8 Å². The van der Waals surface area contributed by atoms with Gasteiger partial charge in [0.05, 0.1) is 11.4 Å². The number of hydrogen-bond acceptors (Lipinski definition) is 6. The van der Waals surface area contributed by atoms with Crippen LogP contribution < -0.4 is 0 Å². The van der Waals surface area contributed by atoms with Crippen molar-refractivity contribution in [2.45, 2.75) is 10.1 Å². The molecule has 4 nitrogen and oxygen atoms in total. The lowest BCUT2D eigenvalue weighted by molar-refractivity contribution is 0.528. The quantitative estimate of drug-likeness (QED) is 0.385. The predicted octanol–water partition coefficient (Wildman–Crippen LogP) is 5.94. The van der Waals surface area contributed by atoms with Crippen molar-refractivity contribution in [2.24, 2.45) is 0 Å². The SMILES string of the molecule is Fc1ccc(-c2csc(SCc3nnc(-c4ccc(Cl)cc4)o3)n2)cc1. The van der Waals surface area contributed by atoms with Crippen LogP contribution in [0.5, 0.6) is 0 Å². The summed E-state index contributed by atoms with van der Waals surface area (Å²) in [7, 11) is 0. The van der Waals surface area contributed by atoms with Gasteiger partial charge in [-0.2, -0.15) is 0 Å².